The van der Waals surface area contributed by atoms with E-state index in [9.17, 15) is 0 Å². The topological polar surface area (TPSA) is 72.0 Å². The van der Waals surface area contributed by atoms with E-state index in [-0.39, 0.29) is 12.6 Å². The fourth-order valence-corrected chi connectivity index (χ4v) is 2.14. The lowest BCUT2D eigenvalue weighted by molar-refractivity contribution is 0.279. The number of thioether (sulfide) groups is 1. The standard InChI is InChI=1S/C10H17N3OS/c1-7-5-8(2)13-10(12-7)15-6-9(11)3-4-14/h5,9,14H,3-4,6,11H2,1-2H3. The van der Waals surface area contributed by atoms with Crippen molar-refractivity contribution in [3.05, 3.63) is 17.5 Å². The van der Waals surface area contributed by atoms with Crippen LogP contribution in [0.2, 0.25) is 0 Å². The minimum Gasteiger partial charge on any atom is -0.396 e. The minimum atomic E-state index is 0.00409. The highest BCUT2D eigenvalue weighted by Crippen LogP contribution is 2.15. The minimum absolute atomic E-state index is 0.00409. The van der Waals surface area contributed by atoms with E-state index in [1.165, 1.54) is 11.8 Å². The number of nitrogens with two attached hydrogens (primary N) is 1. The van der Waals surface area contributed by atoms with Crippen molar-refractivity contribution in [2.75, 3.05) is 12.4 Å². The Balaban J connectivity index is 2.50. The average molecular weight is 227 g/mol. The molecule has 0 fully saturated rings. The van der Waals surface area contributed by atoms with Gasteiger partial charge < -0.3 is 10.8 Å². The molecule has 3 N–H and O–H groups in total. The smallest absolute Gasteiger partial charge is 0.188 e. The van der Waals surface area contributed by atoms with E-state index in [1.807, 2.05) is 19.9 Å². The highest BCUT2D eigenvalue weighted by Gasteiger charge is 2.05. The molecule has 15 heavy (non-hydrogen) atoms. The van der Waals surface area contributed by atoms with Crippen molar-refractivity contribution in [1.82, 2.24) is 9.97 Å². The Morgan fingerprint density at radius 1 is 1.40 bits per heavy atom. The van der Waals surface area contributed by atoms with Crippen LogP contribution in [0, 0.1) is 13.8 Å². The van der Waals surface area contributed by atoms with Crippen LogP contribution >= 0.6 is 11.8 Å². The molecule has 0 bridgehead atoms. The van der Waals surface area contributed by atoms with Crippen molar-refractivity contribution in [1.29, 1.82) is 0 Å². The zero-order valence-corrected chi connectivity index (χ0v) is 9.92. The predicted molar refractivity (Wildman–Crippen MR) is 61.9 cm³/mol. The second-order valence-corrected chi connectivity index (χ2v) is 4.50. The van der Waals surface area contributed by atoms with Crippen molar-refractivity contribution in [2.45, 2.75) is 31.5 Å². The van der Waals surface area contributed by atoms with Crippen LogP contribution in [0.1, 0.15) is 17.8 Å². The lowest BCUT2D eigenvalue weighted by Crippen LogP contribution is -2.24. The summed E-state index contributed by atoms with van der Waals surface area (Å²) in [6, 6.07) is 1.95. The maximum atomic E-state index is 8.70. The summed E-state index contributed by atoms with van der Waals surface area (Å²) in [6.07, 6.45) is 0.623. The fraction of sp³-hybridized carbons (Fsp3) is 0.600. The van der Waals surface area contributed by atoms with Gasteiger partial charge in [0.05, 0.1) is 0 Å². The number of nitrogens with zero attached hydrogens (tertiary/aromatic N) is 2. The first-order chi connectivity index (χ1) is 7.11. The van der Waals surface area contributed by atoms with E-state index in [0.29, 0.717) is 6.42 Å². The van der Waals surface area contributed by atoms with E-state index < -0.39 is 0 Å². The molecule has 0 aromatic carbocycles. The summed E-state index contributed by atoms with van der Waals surface area (Å²) in [6.45, 7) is 4.04. The fourth-order valence-electron chi connectivity index (χ4n) is 1.19. The van der Waals surface area contributed by atoms with E-state index in [2.05, 4.69) is 9.97 Å². The second kappa shape index (κ2) is 6.05. The van der Waals surface area contributed by atoms with Gasteiger partial charge in [-0.25, -0.2) is 9.97 Å². The molecule has 0 aliphatic rings. The van der Waals surface area contributed by atoms with Crippen molar-refractivity contribution in [2.24, 2.45) is 5.73 Å². The summed E-state index contributed by atoms with van der Waals surface area (Å²) in [4.78, 5) is 8.60. The van der Waals surface area contributed by atoms with Crippen LogP contribution in [-0.2, 0) is 0 Å². The van der Waals surface area contributed by atoms with Crippen LogP contribution in [0.25, 0.3) is 0 Å². The van der Waals surface area contributed by atoms with E-state index in [4.69, 9.17) is 10.8 Å². The summed E-state index contributed by atoms with van der Waals surface area (Å²) in [7, 11) is 0. The molecule has 0 aliphatic carbocycles. The number of aromatic nitrogens is 2. The van der Waals surface area contributed by atoms with Crippen molar-refractivity contribution >= 4 is 11.8 Å². The van der Waals surface area contributed by atoms with Gasteiger partial charge in [0.25, 0.3) is 0 Å². The molecule has 1 aromatic heterocycles. The molecular weight excluding hydrogens is 210 g/mol. The van der Waals surface area contributed by atoms with Gasteiger partial charge in [0.2, 0.25) is 0 Å². The third-order valence-electron chi connectivity index (χ3n) is 1.89. The van der Waals surface area contributed by atoms with Crippen LogP contribution in [0.3, 0.4) is 0 Å². The van der Waals surface area contributed by atoms with E-state index in [0.717, 1.165) is 22.3 Å². The predicted octanol–water partition coefficient (Wildman–Crippen LogP) is 0.895. The van der Waals surface area contributed by atoms with Crippen LogP contribution < -0.4 is 5.73 Å². The molecular formula is C10H17N3OS. The molecule has 1 heterocycles. The summed E-state index contributed by atoms with van der Waals surface area (Å²) in [5, 5.41) is 9.47. The van der Waals surface area contributed by atoms with E-state index in [1.54, 1.807) is 0 Å². The third-order valence-corrected chi connectivity index (χ3v) is 2.92. The highest BCUT2D eigenvalue weighted by molar-refractivity contribution is 7.99. The van der Waals surface area contributed by atoms with E-state index >= 15 is 0 Å². The summed E-state index contributed by atoms with van der Waals surface area (Å²) in [5.41, 5.74) is 7.72. The lowest BCUT2D eigenvalue weighted by atomic mass is 10.3. The van der Waals surface area contributed by atoms with Gasteiger partial charge in [-0.15, -0.1) is 0 Å². The molecule has 0 radical (unpaired) electrons. The lowest BCUT2D eigenvalue weighted by Gasteiger charge is -2.08. The zero-order chi connectivity index (χ0) is 11.3. The van der Waals surface area contributed by atoms with Crippen LogP contribution in [0.4, 0.5) is 0 Å². The molecule has 1 unspecified atom stereocenters. The Labute approximate surface area is 94.3 Å². The zero-order valence-electron chi connectivity index (χ0n) is 9.10. The SMILES string of the molecule is Cc1cc(C)nc(SCC(N)CCO)n1. The molecule has 4 nitrogen and oxygen atoms in total. The quantitative estimate of drug-likeness (QED) is 0.577. The van der Waals surface area contributed by atoms with Crippen LogP contribution in [0.15, 0.2) is 11.2 Å². The monoisotopic (exact) mass is 227 g/mol. The van der Waals surface area contributed by atoms with Gasteiger partial charge in [0.1, 0.15) is 0 Å². The molecule has 1 aromatic rings. The molecule has 84 valence electrons. The number of aliphatic hydroxyl groups is 1. The highest BCUT2D eigenvalue weighted by atomic mass is 32.2. The summed E-state index contributed by atoms with van der Waals surface area (Å²) >= 11 is 1.54. The molecule has 0 saturated carbocycles. The van der Waals surface area contributed by atoms with Gasteiger partial charge in [0.15, 0.2) is 5.16 Å². The molecule has 0 spiro atoms. The second-order valence-electron chi connectivity index (χ2n) is 3.52. The largest absolute Gasteiger partial charge is 0.396 e. The number of hydrogen-bond acceptors (Lipinski definition) is 5. The number of rotatable bonds is 5. The van der Waals surface area contributed by atoms with Gasteiger partial charge in [-0.1, -0.05) is 11.8 Å². The first-order valence-electron chi connectivity index (χ1n) is 4.93. The van der Waals surface area contributed by atoms with Crippen molar-refractivity contribution in [3.8, 4) is 0 Å². The Bertz CT molecular complexity index is 299. The molecule has 1 atom stereocenters. The van der Waals surface area contributed by atoms with Crippen molar-refractivity contribution < 1.29 is 5.11 Å². The first kappa shape index (κ1) is 12.4. The molecule has 0 saturated heterocycles. The van der Waals surface area contributed by atoms with Crippen LogP contribution in [-0.4, -0.2) is 33.5 Å². The normalized spacial score (nSPS) is 12.8. The summed E-state index contributed by atoms with van der Waals surface area (Å²) < 4.78 is 0. The first-order valence-corrected chi connectivity index (χ1v) is 5.92. The third kappa shape index (κ3) is 4.59. The Morgan fingerprint density at radius 2 is 2.00 bits per heavy atom. The van der Waals surface area contributed by atoms with Gasteiger partial charge in [-0.05, 0) is 26.3 Å². The maximum absolute atomic E-state index is 8.70. The van der Waals surface area contributed by atoms with Gasteiger partial charge in [-0.2, -0.15) is 0 Å². The average Bonchev–Trinajstić information content (AvgIpc) is 2.14. The number of aliphatic hydroxyl groups excluding tert-OH is 1. The van der Waals surface area contributed by atoms with Gasteiger partial charge >= 0.3 is 0 Å². The van der Waals surface area contributed by atoms with Crippen molar-refractivity contribution in [3.63, 3.8) is 0 Å². The van der Waals surface area contributed by atoms with Crippen LogP contribution in [0.5, 0.6) is 0 Å². The maximum Gasteiger partial charge on any atom is 0.188 e. The molecule has 0 aliphatic heterocycles. The number of aryl methyl sites for hydroxylation is 2. The number of hydrogen-bond donors (Lipinski definition) is 2. The Hall–Kier alpha value is -0.650. The molecule has 0 amide bonds. The molecule has 1 rings (SSSR count). The van der Waals surface area contributed by atoms with Gasteiger partial charge in [-0.3, -0.25) is 0 Å². The molecule has 5 heteroatoms. The summed E-state index contributed by atoms with van der Waals surface area (Å²) in [5.74, 6) is 0.740. The Morgan fingerprint density at radius 3 is 2.53 bits per heavy atom. The Kier molecular flexibility index (Phi) is 5.01. The van der Waals surface area contributed by atoms with Gasteiger partial charge in [0, 0.05) is 29.8 Å².